The van der Waals surface area contributed by atoms with Crippen LogP contribution in [0.15, 0.2) is 77.7 Å². The predicted molar refractivity (Wildman–Crippen MR) is 110 cm³/mol. The van der Waals surface area contributed by atoms with Crippen LogP contribution in [0.1, 0.15) is 15.9 Å². The molecule has 1 aromatic heterocycles. The second-order valence-corrected chi connectivity index (χ2v) is 7.16. The molecular weight excluding hydrogens is 369 g/mol. The van der Waals surface area contributed by atoms with E-state index in [4.69, 9.17) is 0 Å². The number of halogens is 1. The van der Waals surface area contributed by atoms with Gasteiger partial charge < -0.3 is 4.90 Å². The predicted octanol–water partition coefficient (Wildman–Crippen LogP) is 2.93. The van der Waals surface area contributed by atoms with Gasteiger partial charge in [0.1, 0.15) is 5.82 Å². The summed E-state index contributed by atoms with van der Waals surface area (Å²) in [6.07, 6.45) is 1.62. The van der Waals surface area contributed by atoms with Crippen molar-refractivity contribution in [1.82, 2.24) is 14.4 Å². The topological polar surface area (TPSA) is 45.6 Å². The molecule has 1 fully saturated rings. The summed E-state index contributed by atoms with van der Waals surface area (Å²) in [6.45, 7) is 3.47. The van der Waals surface area contributed by atoms with Crippen LogP contribution in [0.2, 0.25) is 0 Å². The van der Waals surface area contributed by atoms with Crippen LogP contribution in [0, 0.1) is 5.82 Å². The number of amides is 1. The molecule has 2 heterocycles. The number of carbonyl (C=O) groups excluding carboxylic acids is 1. The third-order valence-electron chi connectivity index (χ3n) is 5.17. The van der Waals surface area contributed by atoms with E-state index in [-0.39, 0.29) is 17.3 Å². The molecule has 0 saturated carbocycles. The lowest BCUT2D eigenvalue weighted by Crippen LogP contribution is -2.48. The van der Waals surface area contributed by atoms with Crippen LogP contribution < -0.4 is 5.56 Å². The summed E-state index contributed by atoms with van der Waals surface area (Å²) < 4.78 is 14.5. The average molecular weight is 391 g/mol. The van der Waals surface area contributed by atoms with Crippen LogP contribution in [0.3, 0.4) is 0 Å². The van der Waals surface area contributed by atoms with E-state index in [0.29, 0.717) is 18.7 Å². The Morgan fingerprint density at radius 2 is 1.55 bits per heavy atom. The van der Waals surface area contributed by atoms with E-state index in [1.54, 1.807) is 24.4 Å². The molecule has 0 aliphatic carbocycles. The van der Waals surface area contributed by atoms with Crippen molar-refractivity contribution in [3.8, 4) is 5.69 Å². The van der Waals surface area contributed by atoms with Gasteiger partial charge in [-0.2, -0.15) is 0 Å². The van der Waals surface area contributed by atoms with Gasteiger partial charge in [0.25, 0.3) is 11.5 Å². The Morgan fingerprint density at radius 3 is 2.24 bits per heavy atom. The molecule has 6 heteroatoms. The van der Waals surface area contributed by atoms with Gasteiger partial charge in [0.2, 0.25) is 0 Å². The summed E-state index contributed by atoms with van der Waals surface area (Å²) in [5, 5.41) is 0. The third-order valence-corrected chi connectivity index (χ3v) is 5.17. The molecule has 0 radical (unpaired) electrons. The SMILES string of the molecule is O=C(c1ccc(=O)n(-c2ccccc2)c1)N1CCN(Cc2ccc(F)cc2)CC1. The molecule has 1 amide bonds. The van der Waals surface area contributed by atoms with Gasteiger partial charge >= 0.3 is 0 Å². The lowest BCUT2D eigenvalue weighted by atomic mass is 10.1. The number of benzene rings is 2. The summed E-state index contributed by atoms with van der Waals surface area (Å²) in [5.74, 6) is -0.308. The molecule has 1 aliphatic heterocycles. The van der Waals surface area contributed by atoms with Crippen molar-refractivity contribution in [2.75, 3.05) is 26.2 Å². The van der Waals surface area contributed by atoms with E-state index in [1.165, 1.54) is 22.8 Å². The van der Waals surface area contributed by atoms with E-state index < -0.39 is 0 Å². The number of hydrogen-bond donors (Lipinski definition) is 0. The number of rotatable bonds is 4. The fourth-order valence-electron chi connectivity index (χ4n) is 3.54. The van der Waals surface area contributed by atoms with E-state index >= 15 is 0 Å². The first-order valence-electron chi connectivity index (χ1n) is 9.64. The highest BCUT2D eigenvalue weighted by Crippen LogP contribution is 2.13. The van der Waals surface area contributed by atoms with Gasteiger partial charge in [-0.3, -0.25) is 19.1 Å². The zero-order valence-electron chi connectivity index (χ0n) is 16.0. The Balaban J connectivity index is 1.42. The van der Waals surface area contributed by atoms with Crippen molar-refractivity contribution in [2.45, 2.75) is 6.54 Å². The standard InChI is InChI=1S/C23H22FN3O2/c24-20-9-6-18(7-10-20)16-25-12-14-26(15-13-25)23(29)19-8-11-22(28)27(17-19)21-4-2-1-3-5-21/h1-11,17H,12-16H2. The second kappa shape index (κ2) is 8.41. The van der Waals surface area contributed by atoms with Crippen molar-refractivity contribution in [2.24, 2.45) is 0 Å². The molecular formula is C23H22FN3O2. The van der Waals surface area contributed by atoms with Gasteiger partial charge in [0, 0.05) is 50.7 Å². The Kier molecular flexibility index (Phi) is 5.53. The summed E-state index contributed by atoms with van der Waals surface area (Å²) in [5.41, 5.74) is 2.12. The molecule has 0 N–H and O–H groups in total. The molecule has 29 heavy (non-hydrogen) atoms. The van der Waals surface area contributed by atoms with E-state index in [9.17, 15) is 14.0 Å². The lowest BCUT2D eigenvalue weighted by Gasteiger charge is -2.34. The highest BCUT2D eigenvalue weighted by molar-refractivity contribution is 5.94. The number of piperazine rings is 1. The fourth-order valence-corrected chi connectivity index (χ4v) is 3.54. The second-order valence-electron chi connectivity index (χ2n) is 7.16. The van der Waals surface area contributed by atoms with E-state index in [0.717, 1.165) is 30.9 Å². The molecule has 5 nitrogen and oxygen atoms in total. The Labute approximate surface area is 168 Å². The van der Waals surface area contributed by atoms with Gasteiger partial charge in [-0.15, -0.1) is 0 Å². The first-order chi connectivity index (χ1) is 14.1. The first kappa shape index (κ1) is 19.1. The maximum atomic E-state index is 13.0. The van der Waals surface area contributed by atoms with Crippen LogP contribution in [0.25, 0.3) is 5.69 Å². The van der Waals surface area contributed by atoms with Crippen LogP contribution in [0.4, 0.5) is 4.39 Å². The zero-order chi connectivity index (χ0) is 20.2. The van der Waals surface area contributed by atoms with E-state index in [2.05, 4.69) is 4.90 Å². The number of aromatic nitrogens is 1. The van der Waals surface area contributed by atoms with Crippen LogP contribution in [-0.2, 0) is 6.54 Å². The fraction of sp³-hybridized carbons (Fsp3) is 0.217. The van der Waals surface area contributed by atoms with Gasteiger partial charge in [-0.25, -0.2) is 4.39 Å². The van der Waals surface area contributed by atoms with Gasteiger partial charge in [-0.1, -0.05) is 30.3 Å². The monoisotopic (exact) mass is 391 g/mol. The number of hydrogen-bond acceptors (Lipinski definition) is 3. The molecule has 4 rings (SSSR count). The number of nitrogens with zero attached hydrogens (tertiary/aromatic N) is 3. The Bertz CT molecular complexity index is 1040. The number of para-hydroxylation sites is 1. The van der Waals surface area contributed by atoms with Gasteiger partial charge in [0.05, 0.1) is 5.56 Å². The lowest BCUT2D eigenvalue weighted by molar-refractivity contribution is 0.0627. The number of pyridine rings is 1. The quantitative estimate of drug-likeness (QED) is 0.687. The number of carbonyl (C=O) groups is 1. The van der Waals surface area contributed by atoms with Crippen molar-refractivity contribution >= 4 is 5.91 Å². The minimum absolute atomic E-state index is 0.0730. The molecule has 1 saturated heterocycles. The Hall–Kier alpha value is -3.25. The van der Waals surface area contributed by atoms with E-state index in [1.807, 2.05) is 35.2 Å². The van der Waals surface area contributed by atoms with Gasteiger partial charge in [0.15, 0.2) is 0 Å². The smallest absolute Gasteiger partial charge is 0.255 e. The maximum Gasteiger partial charge on any atom is 0.255 e. The highest BCUT2D eigenvalue weighted by atomic mass is 19.1. The minimum atomic E-state index is -0.235. The van der Waals surface area contributed by atoms with Crippen molar-refractivity contribution < 1.29 is 9.18 Å². The molecule has 0 bridgehead atoms. The molecule has 2 aromatic carbocycles. The van der Waals surface area contributed by atoms with Crippen molar-refractivity contribution in [1.29, 1.82) is 0 Å². The van der Waals surface area contributed by atoms with Gasteiger partial charge in [-0.05, 0) is 35.9 Å². The molecule has 148 valence electrons. The van der Waals surface area contributed by atoms with Crippen molar-refractivity contribution in [3.05, 3.63) is 100 Å². The molecule has 1 aliphatic rings. The molecule has 3 aromatic rings. The summed E-state index contributed by atoms with van der Waals surface area (Å²) >= 11 is 0. The van der Waals surface area contributed by atoms with Crippen LogP contribution in [-0.4, -0.2) is 46.5 Å². The largest absolute Gasteiger partial charge is 0.336 e. The Morgan fingerprint density at radius 1 is 0.862 bits per heavy atom. The minimum Gasteiger partial charge on any atom is -0.336 e. The molecule has 0 spiro atoms. The highest BCUT2D eigenvalue weighted by Gasteiger charge is 2.22. The zero-order valence-corrected chi connectivity index (χ0v) is 16.0. The van der Waals surface area contributed by atoms with Crippen LogP contribution in [0.5, 0.6) is 0 Å². The summed E-state index contributed by atoms with van der Waals surface area (Å²) in [4.78, 5) is 29.2. The molecule has 0 atom stereocenters. The summed E-state index contributed by atoms with van der Waals surface area (Å²) in [6, 6.07) is 18.8. The third kappa shape index (κ3) is 4.43. The summed E-state index contributed by atoms with van der Waals surface area (Å²) in [7, 11) is 0. The maximum absolute atomic E-state index is 13.0. The average Bonchev–Trinajstić information content (AvgIpc) is 2.76. The normalized spacial score (nSPS) is 14.7. The van der Waals surface area contributed by atoms with Crippen molar-refractivity contribution in [3.63, 3.8) is 0 Å². The molecule has 0 unspecified atom stereocenters. The van der Waals surface area contributed by atoms with Crippen LogP contribution >= 0.6 is 0 Å². The first-order valence-corrected chi connectivity index (χ1v) is 9.64.